The summed E-state index contributed by atoms with van der Waals surface area (Å²) in [6.45, 7) is 3.60. The third-order valence-corrected chi connectivity index (χ3v) is 5.89. The lowest BCUT2D eigenvalue weighted by molar-refractivity contribution is 0.0742. The van der Waals surface area contributed by atoms with Crippen LogP contribution in [-0.2, 0) is 6.54 Å². The minimum absolute atomic E-state index is 0.0335. The van der Waals surface area contributed by atoms with Crippen molar-refractivity contribution >= 4 is 16.9 Å². The Morgan fingerprint density at radius 1 is 1.20 bits per heavy atom. The third kappa shape index (κ3) is 3.36. The summed E-state index contributed by atoms with van der Waals surface area (Å²) < 4.78 is 15.4. The molecule has 6 nitrogen and oxygen atoms in total. The maximum absolute atomic E-state index is 13.2. The van der Waals surface area contributed by atoms with Gasteiger partial charge in [-0.15, -0.1) is 0 Å². The van der Waals surface area contributed by atoms with Crippen molar-refractivity contribution in [2.45, 2.75) is 25.9 Å². The summed E-state index contributed by atoms with van der Waals surface area (Å²) in [5.41, 5.74) is 4.41. The van der Waals surface area contributed by atoms with E-state index in [0.29, 0.717) is 18.0 Å². The van der Waals surface area contributed by atoms with E-state index in [0.717, 1.165) is 35.3 Å². The van der Waals surface area contributed by atoms with Crippen LogP contribution >= 0.6 is 0 Å². The second-order valence-electron chi connectivity index (χ2n) is 7.97. The zero-order chi connectivity index (χ0) is 20.7. The Bertz CT molecular complexity index is 1180. The van der Waals surface area contributed by atoms with E-state index in [-0.39, 0.29) is 17.8 Å². The molecule has 1 aliphatic heterocycles. The average molecular weight is 403 g/mol. The van der Waals surface area contributed by atoms with Gasteiger partial charge in [-0.2, -0.15) is 5.10 Å². The van der Waals surface area contributed by atoms with Crippen LogP contribution in [0.2, 0.25) is 0 Å². The first-order valence-electron chi connectivity index (χ1n) is 10.1. The molecule has 0 spiro atoms. The van der Waals surface area contributed by atoms with Crippen LogP contribution in [0.15, 0.2) is 61.1 Å². The number of rotatable bonds is 4. The number of amides is 1. The summed E-state index contributed by atoms with van der Waals surface area (Å²) in [7, 11) is 0. The number of hydrogen-bond acceptors (Lipinski definition) is 3. The topological polar surface area (TPSA) is 66.8 Å². The number of benzene rings is 1. The van der Waals surface area contributed by atoms with Gasteiger partial charge in [0.15, 0.2) is 0 Å². The van der Waals surface area contributed by atoms with Crippen LogP contribution in [0.3, 0.4) is 0 Å². The van der Waals surface area contributed by atoms with Crippen LogP contribution in [-0.4, -0.2) is 43.1 Å². The van der Waals surface area contributed by atoms with Crippen LogP contribution in [0, 0.1) is 11.7 Å². The van der Waals surface area contributed by atoms with Gasteiger partial charge in [0, 0.05) is 42.7 Å². The van der Waals surface area contributed by atoms with Crippen LogP contribution in [0.4, 0.5) is 4.39 Å². The van der Waals surface area contributed by atoms with Crippen molar-refractivity contribution < 1.29 is 9.18 Å². The lowest BCUT2D eigenvalue weighted by Gasteiger charge is -2.21. The number of carbonyl (C=O) groups excluding carboxylic acids is 1. The minimum Gasteiger partial charge on any atom is -0.346 e. The van der Waals surface area contributed by atoms with Crippen molar-refractivity contribution in [3.63, 3.8) is 0 Å². The van der Waals surface area contributed by atoms with Gasteiger partial charge in [-0.05, 0) is 61.7 Å². The van der Waals surface area contributed by atoms with Crippen molar-refractivity contribution in [1.29, 1.82) is 0 Å². The normalized spacial score (nSPS) is 18.9. The monoisotopic (exact) mass is 403 g/mol. The van der Waals surface area contributed by atoms with E-state index < -0.39 is 0 Å². The van der Waals surface area contributed by atoms with Gasteiger partial charge >= 0.3 is 0 Å². The molecule has 152 valence electrons. The van der Waals surface area contributed by atoms with E-state index in [9.17, 15) is 9.18 Å². The van der Waals surface area contributed by atoms with Crippen LogP contribution in [0.25, 0.3) is 22.3 Å². The zero-order valence-electron chi connectivity index (χ0n) is 16.6. The van der Waals surface area contributed by atoms with Gasteiger partial charge in [0.2, 0.25) is 0 Å². The first-order valence-corrected chi connectivity index (χ1v) is 10.1. The summed E-state index contributed by atoms with van der Waals surface area (Å²) in [5, 5.41) is 6.80. The smallest absolute Gasteiger partial charge is 0.254 e. The fourth-order valence-electron chi connectivity index (χ4n) is 4.38. The van der Waals surface area contributed by atoms with Gasteiger partial charge in [-0.3, -0.25) is 9.89 Å². The summed E-state index contributed by atoms with van der Waals surface area (Å²) >= 11 is 0. The fraction of sp³-hybridized carbons (Fsp3) is 0.261. The fourth-order valence-corrected chi connectivity index (χ4v) is 4.38. The third-order valence-electron chi connectivity index (χ3n) is 5.89. The number of carbonyl (C=O) groups is 1. The van der Waals surface area contributed by atoms with Gasteiger partial charge in [-0.25, -0.2) is 9.37 Å². The molecule has 0 bridgehead atoms. The van der Waals surface area contributed by atoms with Gasteiger partial charge in [0.05, 0.1) is 22.9 Å². The Morgan fingerprint density at radius 3 is 2.80 bits per heavy atom. The van der Waals surface area contributed by atoms with E-state index in [4.69, 9.17) is 4.98 Å². The van der Waals surface area contributed by atoms with Crippen LogP contribution in [0.5, 0.6) is 0 Å². The van der Waals surface area contributed by atoms with E-state index in [1.807, 2.05) is 23.2 Å². The molecule has 1 aliphatic rings. The molecular formula is C23H22FN5O. The molecule has 0 aliphatic carbocycles. The highest BCUT2D eigenvalue weighted by Crippen LogP contribution is 2.28. The lowest BCUT2D eigenvalue weighted by Crippen LogP contribution is -2.34. The highest BCUT2D eigenvalue weighted by molar-refractivity contribution is 5.94. The van der Waals surface area contributed by atoms with Gasteiger partial charge in [0.1, 0.15) is 5.82 Å². The van der Waals surface area contributed by atoms with E-state index >= 15 is 0 Å². The Kier molecular flexibility index (Phi) is 4.58. The molecule has 0 saturated carbocycles. The average Bonchev–Trinajstić information content (AvgIpc) is 3.49. The predicted octanol–water partition coefficient (Wildman–Crippen LogP) is 4.12. The van der Waals surface area contributed by atoms with Gasteiger partial charge < -0.3 is 9.47 Å². The van der Waals surface area contributed by atoms with Crippen molar-refractivity contribution in [2.75, 3.05) is 6.54 Å². The molecule has 5 rings (SSSR count). The predicted molar refractivity (Wildman–Crippen MR) is 112 cm³/mol. The standard InChI is InChI=1S/C23H22FN5O/c1-15-10-16(14-29(15)23(30)17-2-4-19(24)5-3-17)13-28-9-8-21-22(28)7-6-20(27-21)18-11-25-26-12-18/h2-9,11-12,15-16H,10,13-14H2,1H3,(H,25,26)/t15-,16-/m1/s1. The Morgan fingerprint density at radius 2 is 2.03 bits per heavy atom. The van der Waals surface area contributed by atoms with Crippen molar-refractivity contribution in [3.05, 3.63) is 72.4 Å². The molecule has 1 fully saturated rings. The van der Waals surface area contributed by atoms with Crippen LogP contribution in [0.1, 0.15) is 23.7 Å². The Labute approximate surface area is 173 Å². The van der Waals surface area contributed by atoms with Crippen LogP contribution < -0.4 is 0 Å². The molecule has 1 aromatic carbocycles. The second kappa shape index (κ2) is 7.40. The quantitative estimate of drug-likeness (QED) is 0.557. The SMILES string of the molecule is C[C@@H]1C[C@H](Cn2ccc3nc(-c4cn[nH]c4)ccc32)CN1C(=O)c1ccc(F)cc1. The number of fused-ring (bicyclic) bond motifs is 1. The Hall–Kier alpha value is -3.48. The van der Waals surface area contributed by atoms with E-state index in [1.54, 1.807) is 18.3 Å². The summed E-state index contributed by atoms with van der Waals surface area (Å²) in [6, 6.07) is 12.1. The van der Waals surface area contributed by atoms with Crippen molar-refractivity contribution in [2.24, 2.45) is 5.92 Å². The van der Waals surface area contributed by atoms with Crippen molar-refractivity contribution in [1.82, 2.24) is 24.6 Å². The first kappa shape index (κ1) is 18.5. The number of nitrogens with zero attached hydrogens (tertiary/aromatic N) is 4. The second-order valence-corrected chi connectivity index (χ2v) is 7.97. The molecule has 1 saturated heterocycles. The number of pyridine rings is 1. The van der Waals surface area contributed by atoms with E-state index in [1.165, 1.54) is 12.1 Å². The number of likely N-dealkylation sites (tertiary alicyclic amines) is 1. The molecule has 3 aromatic heterocycles. The molecule has 4 aromatic rings. The number of aromatic amines is 1. The molecule has 4 heterocycles. The molecular weight excluding hydrogens is 381 g/mol. The highest BCUT2D eigenvalue weighted by atomic mass is 19.1. The molecule has 2 atom stereocenters. The Balaban J connectivity index is 1.32. The summed E-state index contributed by atoms with van der Waals surface area (Å²) in [4.78, 5) is 19.5. The molecule has 1 N–H and O–H groups in total. The van der Waals surface area contributed by atoms with E-state index in [2.05, 4.69) is 34.0 Å². The summed E-state index contributed by atoms with van der Waals surface area (Å²) in [5.74, 6) is -0.00903. The number of H-pyrrole nitrogens is 1. The lowest BCUT2D eigenvalue weighted by atomic mass is 10.1. The molecule has 0 unspecified atom stereocenters. The van der Waals surface area contributed by atoms with Gasteiger partial charge in [-0.1, -0.05) is 0 Å². The molecule has 30 heavy (non-hydrogen) atoms. The first-order chi connectivity index (χ1) is 14.6. The number of hydrogen-bond donors (Lipinski definition) is 1. The number of aromatic nitrogens is 4. The maximum atomic E-state index is 13.2. The highest BCUT2D eigenvalue weighted by Gasteiger charge is 2.33. The molecule has 1 amide bonds. The molecule has 7 heteroatoms. The maximum Gasteiger partial charge on any atom is 0.254 e. The van der Waals surface area contributed by atoms with Gasteiger partial charge in [0.25, 0.3) is 5.91 Å². The number of nitrogens with one attached hydrogen (secondary N) is 1. The van der Waals surface area contributed by atoms with Crippen molar-refractivity contribution in [3.8, 4) is 11.3 Å². The largest absolute Gasteiger partial charge is 0.346 e. The summed E-state index contributed by atoms with van der Waals surface area (Å²) in [6.07, 6.45) is 6.59. The molecule has 0 radical (unpaired) electrons. The number of halogens is 1. The minimum atomic E-state index is -0.331. The zero-order valence-corrected chi connectivity index (χ0v) is 16.6.